The van der Waals surface area contributed by atoms with E-state index in [4.69, 9.17) is 0 Å². The van der Waals surface area contributed by atoms with Gasteiger partial charge in [0.15, 0.2) is 0 Å². The van der Waals surface area contributed by atoms with Gasteiger partial charge in [-0.15, -0.1) is 0 Å². The molecule has 0 aliphatic heterocycles. The molecule has 6 aromatic rings. The molecule has 0 saturated heterocycles. The summed E-state index contributed by atoms with van der Waals surface area (Å²) in [5.74, 6) is 0. The van der Waals surface area contributed by atoms with Gasteiger partial charge in [-0.25, -0.2) is 0 Å². The lowest BCUT2D eigenvalue weighted by Crippen LogP contribution is -2.14. The smallest absolute Gasteiger partial charge is 0.0991 e. The maximum atomic E-state index is 9.35. The summed E-state index contributed by atoms with van der Waals surface area (Å²) in [5, 5.41) is 14.3. The SMILES string of the molecule is Cc1ccc2c(-c3ccc(C#N)cc3)c3ccccc3c(-c3ccc4c(c3)C(C)(C)c3ccccc3-4)c2c1. The van der Waals surface area contributed by atoms with Crippen molar-refractivity contribution in [3.8, 4) is 39.4 Å². The van der Waals surface area contributed by atoms with E-state index in [1.807, 2.05) is 12.1 Å². The number of hydrogen-bond donors (Lipinski definition) is 0. The summed E-state index contributed by atoms with van der Waals surface area (Å²) in [6, 6.07) is 41.7. The van der Waals surface area contributed by atoms with E-state index in [2.05, 4.69) is 124 Å². The van der Waals surface area contributed by atoms with Crippen LogP contribution in [0.4, 0.5) is 0 Å². The molecule has 0 radical (unpaired) electrons. The Morgan fingerprint density at radius 2 is 1.16 bits per heavy atom. The number of nitriles is 1. The Balaban J connectivity index is 1.56. The topological polar surface area (TPSA) is 23.8 Å². The highest BCUT2D eigenvalue weighted by Gasteiger charge is 2.35. The summed E-state index contributed by atoms with van der Waals surface area (Å²) in [5.41, 5.74) is 12.2. The van der Waals surface area contributed by atoms with Gasteiger partial charge in [0, 0.05) is 5.41 Å². The van der Waals surface area contributed by atoms with Crippen molar-refractivity contribution < 1.29 is 0 Å². The van der Waals surface area contributed by atoms with Gasteiger partial charge in [0.2, 0.25) is 0 Å². The van der Waals surface area contributed by atoms with Crippen LogP contribution in [-0.4, -0.2) is 0 Å². The first-order chi connectivity index (χ1) is 18.5. The lowest BCUT2D eigenvalue weighted by molar-refractivity contribution is 0.660. The minimum atomic E-state index is -0.0497. The molecule has 6 aromatic carbocycles. The fourth-order valence-electron chi connectivity index (χ4n) is 6.49. The summed E-state index contributed by atoms with van der Waals surface area (Å²) in [6.45, 7) is 6.86. The predicted molar refractivity (Wildman–Crippen MR) is 159 cm³/mol. The average Bonchev–Trinajstić information content (AvgIpc) is 3.18. The zero-order valence-electron chi connectivity index (χ0n) is 21.8. The molecule has 180 valence electrons. The molecule has 1 aliphatic rings. The summed E-state index contributed by atoms with van der Waals surface area (Å²) < 4.78 is 0. The number of benzene rings is 6. The van der Waals surface area contributed by atoms with Gasteiger partial charge < -0.3 is 0 Å². The second-order valence-corrected chi connectivity index (χ2v) is 11.0. The standard InChI is InChI=1S/C37H27N/c1-23-12-18-31-32(20-23)36(26-17-19-28-27-8-6-7-11-33(27)37(2,3)34(28)21-26)30-10-5-4-9-29(30)35(31)25-15-13-24(22-38)14-16-25/h4-21H,1-3H3. The van der Waals surface area contributed by atoms with E-state index in [1.54, 1.807) is 0 Å². The van der Waals surface area contributed by atoms with Crippen molar-refractivity contribution in [2.75, 3.05) is 0 Å². The van der Waals surface area contributed by atoms with Gasteiger partial charge in [-0.1, -0.05) is 110 Å². The largest absolute Gasteiger partial charge is 0.192 e. The highest BCUT2D eigenvalue weighted by molar-refractivity contribution is 6.21. The molecule has 0 amide bonds. The first-order valence-corrected chi connectivity index (χ1v) is 13.2. The third-order valence-corrected chi connectivity index (χ3v) is 8.35. The molecule has 0 spiro atoms. The van der Waals surface area contributed by atoms with Gasteiger partial charge in [-0.3, -0.25) is 0 Å². The first kappa shape index (κ1) is 22.5. The van der Waals surface area contributed by atoms with Crippen LogP contribution in [0.15, 0.2) is 109 Å². The van der Waals surface area contributed by atoms with Crippen molar-refractivity contribution in [2.24, 2.45) is 0 Å². The van der Waals surface area contributed by atoms with Gasteiger partial charge in [-0.05, 0) is 91.2 Å². The van der Waals surface area contributed by atoms with Crippen LogP contribution in [0.5, 0.6) is 0 Å². The van der Waals surface area contributed by atoms with Crippen molar-refractivity contribution >= 4 is 21.5 Å². The highest BCUT2D eigenvalue weighted by Crippen LogP contribution is 2.51. The predicted octanol–water partition coefficient (Wildman–Crippen LogP) is 9.81. The maximum Gasteiger partial charge on any atom is 0.0991 e. The van der Waals surface area contributed by atoms with Crippen LogP contribution in [0.2, 0.25) is 0 Å². The first-order valence-electron chi connectivity index (χ1n) is 13.2. The van der Waals surface area contributed by atoms with Crippen molar-refractivity contribution in [2.45, 2.75) is 26.2 Å². The van der Waals surface area contributed by atoms with Crippen molar-refractivity contribution in [3.63, 3.8) is 0 Å². The Hall–Kier alpha value is -4.67. The second kappa shape index (κ2) is 8.17. The zero-order valence-corrected chi connectivity index (χ0v) is 21.8. The summed E-state index contributed by atoms with van der Waals surface area (Å²) in [4.78, 5) is 0. The van der Waals surface area contributed by atoms with E-state index in [0.717, 1.165) is 5.56 Å². The van der Waals surface area contributed by atoms with Crippen molar-refractivity contribution in [1.29, 1.82) is 5.26 Å². The van der Waals surface area contributed by atoms with E-state index >= 15 is 0 Å². The quantitative estimate of drug-likeness (QED) is 0.224. The third kappa shape index (κ3) is 3.17. The molecule has 0 bridgehead atoms. The van der Waals surface area contributed by atoms with E-state index in [9.17, 15) is 5.26 Å². The molecule has 0 aromatic heterocycles. The minimum Gasteiger partial charge on any atom is -0.192 e. The highest BCUT2D eigenvalue weighted by atomic mass is 14.4. The van der Waals surface area contributed by atoms with Gasteiger partial charge in [0.05, 0.1) is 11.6 Å². The van der Waals surface area contributed by atoms with Gasteiger partial charge >= 0.3 is 0 Å². The van der Waals surface area contributed by atoms with E-state index in [-0.39, 0.29) is 5.41 Å². The minimum absolute atomic E-state index is 0.0497. The molecule has 1 aliphatic carbocycles. The normalized spacial score (nSPS) is 13.3. The fraction of sp³-hybridized carbons (Fsp3) is 0.108. The Morgan fingerprint density at radius 1 is 0.553 bits per heavy atom. The van der Waals surface area contributed by atoms with Gasteiger partial charge in [0.25, 0.3) is 0 Å². The van der Waals surface area contributed by atoms with Crippen LogP contribution in [-0.2, 0) is 5.41 Å². The number of fused-ring (bicyclic) bond motifs is 5. The fourth-order valence-corrected chi connectivity index (χ4v) is 6.49. The van der Waals surface area contributed by atoms with Crippen molar-refractivity contribution in [1.82, 2.24) is 0 Å². The summed E-state index contributed by atoms with van der Waals surface area (Å²) >= 11 is 0. The third-order valence-electron chi connectivity index (χ3n) is 8.35. The summed E-state index contributed by atoms with van der Waals surface area (Å²) in [6.07, 6.45) is 0. The lowest BCUT2D eigenvalue weighted by Gasteiger charge is -2.23. The molecule has 0 N–H and O–H groups in total. The van der Waals surface area contributed by atoms with Crippen LogP contribution in [0.1, 0.15) is 36.1 Å². The van der Waals surface area contributed by atoms with Crippen LogP contribution in [0, 0.1) is 18.3 Å². The molecule has 1 heteroatoms. The van der Waals surface area contributed by atoms with E-state index in [0.29, 0.717) is 5.56 Å². The summed E-state index contributed by atoms with van der Waals surface area (Å²) in [7, 11) is 0. The Labute approximate surface area is 223 Å². The monoisotopic (exact) mass is 485 g/mol. The molecule has 0 saturated carbocycles. The van der Waals surface area contributed by atoms with E-state index in [1.165, 1.54) is 66.1 Å². The number of rotatable bonds is 2. The molecule has 38 heavy (non-hydrogen) atoms. The van der Waals surface area contributed by atoms with Crippen LogP contribution < -0.4 is 0 Å². The molecule has 0 atom stereocenters. The Kier molecular flexibility index (Phi) is 4.84. The molecule has 1 nitrogen and oxygen atoms in total. The maximum absolute atomic E-state index is 9.35. The zero-order chi connectivity index (χ0) is 26.0. The molecule has 0 unspecified atom stereocenters. The van der Waals surface area contributed by atoms with Crippen LogP contribution in [0.3, 0.4) is 0 Å². The van der Waals surface area contributed by atoms with Gasteiger partial charge in [-0.2, -0.15) is 5.26 Å². The molecular formula is C37H27N. The average molecular weight is 486 g/mol. The van der Waals surface area contributed by atoms with Crippen LogP contribution in [0.25, 0.3) is 54.9 Å². The Morgan fingerprint density at radius 3 is 1.89 bits per heavy atom. The molecular weight excluding hydrogens is 458 g/mol. The molecule has 0 heterocycles. The molecule has 7 rings (SSSR count). The molecule has 0 fully saturated rings. The lowest BCUT2D eigenvalue weighted by atomic mass is 9.80. The van der Waals surface area contributed by atoms with Crippen molar-refractivity contribution in [3.05, 3.63) is 131 Å². The Bertz CT molecular complexity index is 1950. The second-order valence-electron chi connectivity index (χ2n) is 11.0. The van der Waals surface area contributed by atoms with Crippen LogP contribution >= 0.6 is 0 Å². The van der Waals surface area contributed by atoms with E-state index < -0.39 is 0 Å². The number of nitrogens with zero attached hydrogens (tertiary/aromatic N) is 1. The number of aryl methyl sites for hydroxylation is 1. The number of hydrogen-bond acceptors (Lipinski definition) is 1. The van der Waals surface area contributed by atoms with Gasteiger partial charge in [0.1, 0.15) is 0 Å².